The summed E-state index contributed by atoms with van der Waals surface area (Å²) in [7, 11) is 0. The van der Waals surface area contributed by atoms with E-state index in [1.54, 1.807) is 12.1 Å². The van der Waals surface area contributed by atoms with Gasteiger partial charge in [-0.3, -0.25) is 4.79 Å². The van der Waals surface area contributed by atoms with Crippen LogP contribution in [-0.4, -0.2) is 11.9 Å². The molecule has 0 aliphatic heterocycles. The first-order chi connectivity index (χ1) is 10.1. The lowest BCUT2D eigenvalue weighted by atomic mass is 10.1. The molecular weight excluding hydrogens is 265 g/mol. The number of carbonyl (C=O) groups is 1. The van der Waals surface area contributed by atoms with Crippen LogP contribution in [0.3, 0.4) is 0 Å². The van der Waals surface area contributed by atoms with Gasteiger partial charge in [0.05, 0.1) is 6.42 Å². The molecule has 0 unspecified atom stereocenters. The Kier molecular flexibility index (Phi) is 5.50. The SMILES string of the molecule is C[C@@H](CCc1ccccc1)NC(=O)Cc1ccc(F)cc1. The van der Waals surface area contributed by atoms with Crippen LogP contribution >= 0.6 is 0 Å². The van der Waals surface area contributed by atoms with Crippen molar-refractivity contribution in [2.45, 2.75) is 32.2 Å². The van der Waals surface area contributed by atoms with Crippen LogP contribution in [0, 0.1) is 5.82 Å². The predicted octanol–water partition coefficient (Wildman–Crippen LogP) is 3.51. The minimum Gasteiger partial charge on any atom is -0.353 e. The standard InChI is InChI=1S/C18H20FNO/c1-14(7-8-15-5-3-2-4-6-15)20-18(21)13-16-9-11-17(19)12-10-16/h2-6,9-12,14H,7-8,13H2,1H3,(H,20,21)/t14-/m0/s1. The van der Waals surface area contributed by atoms with E-state index in [0.717, 1.165) is 18.4 Å². The van der Waals surface area contributed by atoms with E-state index in [-0.39, 0.29) is 24.2 Å². The van der Waals surface area contributed by atoms with Crippen LogP contribution in [0.5, 0.6) is 0 Å². The summed E-state index contributed by atoms with van der Waals surface area (Å²) in [6, 6.07) is 16.4. The lowest BCUT2D eigenvalue weighted by Gasteiger charge is -2.14. The number of halogens is 1. The smallest absolute Gasteiger partial charge is 0.224 e. The molecule has 3 heteroatoms. The summed E-state index contributed by atoms with van der Waals surface area (Å²) < 4.78 is 12.8. The second-order valence-corrected chi connectivity index (χ2v) is 5.30. The van der Waals surface area contributed by atoms with E-state index in [9.17, 15) is 9.18 Å². The van der Waals surface area contributed by atoms with E-state index in [1.165, 1.54) is 17.7 Å². The molecule has 0 aliphatic carbocycles. The Morgan fingerprint density at radius 2 is 1.71 bits per heavy atom. The maximum atomic E-state index is 12.8. The third-order valence-electron chi connectivity index (χ3n) is 3.39. The molecule has 0 saturated heterocycles. The van der Waals surface area contributed by atoms with Crippen LogP contribution in [0.4, 0.5) is 4.39 Å². The van der Waals surface area contributed by atoms with Crippen molar-refractivity contribution < 1.29 is 9.18 Å². The Hall–Kier alpha value is -2.16. The van der Waals surface area contributed by atoms with Gasteiger partial charge in [-0.05, 0) is 43.0 Å². The number of nitrogens with one attached hydrogen (secondary N) is 1. The number of aryl methyl sites for hydroxylation is 1. The highest BCUT2D eigenvalue weighted by Gasteiger charge is 2.08. The molecule has 0 aliphatic rings. The molecule has 2 rings (SSSR count). The maximum Gasteiger partial charge on any atom is 0.224 e. The number of benzene rings is 2. The van der Waals surface area contributed by atoms with Gasteiger partial charge >= 0.3 is 0 Å². The lowest BCUT2D eigenvalue weighted by Crippen LogP contribution is -2.34. The number of hydrogen-bond donors (Lipinski definition) is 1. The van der Waals surface area contributed by atoms with Crippen LogP contribution in [0.15, 0.2) is 54.6 Å². The van der Waals surface area contributed by atoms with Crippen LogP contribution in [-0.2, 0) is 17.6 Å². The fourth-order valence-electron chi connectivity index (χ4n) is 2.21. The third kappa shape index (κ3) is 5.38. The van der Waals surface area contributed by atoms with Crippen molar-refractivity contribution in [3.8, 4) is 0 Å². The van der Waals surface area contributed by atoms with Gasteiger partial charge in [0.1, 0.15) is 5.82 Å². The number of carbonyl (C=O) groups excluding carboxylic acids is 1. The Labute approximate surface area is 125 Å². The second-order valence-electron chi connectivity index (χ2n) is 5.30. The van der Waals surface area contributed by atoms with E-state index in [2.05, 4.69) is 17.4 Å². The van der Waals surface area contributed by atoms with Crippen molar-refractivity contribution in [2.75, 3.05) is 0 Å². The van der Waals surface area contributed by atoms with Gasteiger partial charge in [-0.1, -0.05) is 42.5 Å². The van der Waals surface area contributed by atoms with Gasteiger partial charge in [0, 0.05) is 6.04 Å². The highest BCUT2D eigenvalue weighted by atomic mass is 19.1. The molecule has 1 atom stereocenters. The molecular formula is C18H20FNO. The van der Waals surface area contributed by atoms with E-state index in [1.807, 2.05) is 25.1 Å². The molecule has 21 heavy (non-hydrogen) atoms. The van der Waals surface area contributed by atoms with Gasteiger partial charge in [0.15, 0.2) is 0 Å². The molecule has 0 spiro atoms. The van der Waals surface area contributed by atoms with E-state index in [4.69, 9.17) is 0 Å². The van der Waals surface area contributed by atoms with Crippen molar-refractivity contribution >= 4 is 5.91 Å². The van der Waals surface area contributed by atoms with Crippen molar-refractivity contribution in [2.24, 2.45) is 0 Å². The summed E-state index contributed by atoms with van der Waals surface area (Å²) in [6.45, 7) is 2.01. The average molecular weight is 285 g/mol. The summed E-state index contributed by atoms with van der Waals surface area (Å²) in [5.74, 6) is -0.308. The van der Waals surface area contributed by atoms with E-state index in [0.29, 0.717) is 0 Å². The first-order valence-corrected chi connectivity index (χ1v) is 7.21. The van der Waals surface area contributed by atoms with Gasteiger partial charge in [-0.25, -0.2) is 4.39 Å². The normalized spacial score (nSPS) is 11.9. The Bertz CT molecular complexity index is 566. The van der Waals surface area contributed by atoms with Gasteiger partial charge in [-0.15, -0.1) is 0 Å². The minimum absolute atomic E-state index is 0.0258. The largest absolute Gasteiger partial charge is 0.353 e. The molecule has 2 aromatic carbocycles. The summed E-state index contributed by atoms with van der Waals surface area (Å²) in [5, 5.41) is 2.98. The van der Waals surface area contributed by atoms with Crippen molar-refractivity contribution in [3.05, 3.63) is 71.5 Å². The van der Waals surface area contributed by atoms with Crippen LogP contribution in [0.25, 0.3) is 0 Å². The molecule has 0 heterocycles. The molecule has 2 aromatic rings. The molecule has 0 aromatic heterocycles. The monoisotopic (exact) mass is 285 g/mol. The van der Waals surface area contributed by atoms with Crippen LogP contribution in [0.1, 0.15) is 24.5 Å². The first kappa shape index (κ1) is 15.2. The van der Waals surface area contributed by atoms with Crippen molar-refractivity contribution in [1.29, 1.82) is 0 Å². The fraction of sp³-hybridized carbons (Fsp3) is 0.278. The van der Waals surface area contributed by atoms with E-state index < -0.39 is 0 Å². The second kappa shape index (κ2) is 7.58. The van der Waals surface area contributed by atoms with Crippen LogP contribution in [0.2, 0.25) is 0 Å². The molecule has 110 valence electrons. The molecule has 0 radical (unpaired) electrons. The van der Waals surface area contributed by atoms with Crippen LogP contribution < -0.4 is 5.32 Å². The highest BCUT2D eigenvalue weighted by molar-refractivity contribution is 5.78. The van der Waals surface area contributed by atoms with Gasteiger partial charge in [0.2, 0.25) is 5.91 Å². The molecule has 1 amide bonds. The zero-order valence-corrected chi connectivity index (χ0v) is 12.2. The Balaban J connectivity index is 1.75. The topological polar surface area (TPSA) is 29.1 Å². The molecule has 0 fully saturated rings. The average Bonchev–Trinajstić information content (AvgIpc) is 2.48. The fourth-order valence-corrected chi connectivity index (χ4v) is 2.21. The van der Waals surface area contributed by atoms with E-state index >= 15 is 0 Å². The molecule has 0 saturated carbocycles. The zero-order valence-electron chi connectivity index (χ0n) is 12.2. The number of rotatable bonds is 6. The summed E-state index contributed by atoms with van der Waals surface area (Å²) in [5.41, 5.74) is 2.10. The van der Waals surface area contributed by atoms with Gasteiger partial charge in [-0.2, -0.15) is 0 Å². The molecule has 2 nitrogen and oxygen atoms in total. The molecule has 1 N–H and O–H groups in total. The summed E-state index contributed by atoms with van der Waals surface area (Å²) >= 11 is 0. The number of hydrogen-bond acceptors (Lipinski definition) is 1. The van der Waals surface area contributed by atoms with Crippen molar-refractivity contribution in [3.63, 3.8) is 0 Å². The summed E-state index contributed by atoms with van der Waals surface area (Å²) in [6.07, 6.45) is 2.13. The van der Waals surface area contributed by atoms with Gasteiger partial charge in [0.25, 0.3) is 0 Å². The lowest BCUT2D eigenvalue weighted by molar-refractivity contribution is -0.121. The minimum atomic E-state index is -0.282. The first-order valence-electron chi connectivity index (χ1n) is 7.21. The quantitative estimate of drug-likeness (QED) is 0.864. The Morgan fingerprint density at radius 3 is 2.38 bits per heavy atom. The highest BCUT2D eigenvalue weighted by Crippen LogP contribution is 2.06. The third-order valence-corrected chi connectivity index (χ3v) is 3.39. The molecule has 0 bridgehead atoms. The van der Waals surface area contributed by atoms with Gasteiger partial charge < -0.3 is 5.32 Å². The predicted molar refractivity (Wildman–Crippen MR) is 82.5 cm³/mol. The summed E-state index contributed by atoms with van der Waals surface area (Å²) in [4.78, 5) is 11.9. The zero-order chi connectivity index (χ0) is 15.1. The maximum absolute atomic E-state index is 12.8. The Morgan fingerprint density at radius 1 is 1.05 bits per heavy atom. The number of amides is 1. The van der Waals surface area contributed by atoms with Crippen molar-refractivity contribution in [1.82, 2.24) is 5.32 Å².